The molecule has 2 aromatic rings. The third-order valence-electron chi connectivity index (χ3n) is 3.61. The molecular formula is C15H16N4O2. The van der Waals surface area contributed by atoms with Crippen molar-refractivity contribution in [3.8, 4) is 0 Å². The highest BCUT2D eigenvalue weighted by molar-refractivity contribution is 5.80. The number of amides is 1. The van der Waals surface area contributed by atoms with Crippen LogP contribution in [0.4, 0.5) is 22.2 Å². The molecule has 1 aliphatic heterocycles. The Bertz CT molecular complexity index is 700. The van der Waals surface area contributed by atoms with E-state index in [0.29, 0.717) is 5.82 Å². The molecule has 0 spiro atoms. The minimum Gasteiger partial charge on any atom is -0.465 e. The van der Waals surface area contributed by atoms with E-state index >= 15 is 0 Å². The van der Waals surface area contributed by atoms with Gasteiger partial charge in [0.15, 0.2) is 0 Å². The summed E-state index contributed by atoms with van der Waals surface area (Å²) in [6, 6.07) is 9.97. The number of aromatic nitrogens is 2. The predicted octanol–water partition coefficient (Wildman–Crippen LogP) is 3.00. The third-order valence-corrected chi connectivity index (χ3v) is 3.61. The topological polar surface area (TPSA) is 78.4 Å². The molecule has 1 aliphatic rings. The number of nitrogens with one attached hydrogen (secondary N) is 1. The van der Waals surface area contributed by atoms with Crippen LogP contribution in [0.15, 0.2) is 36.5 Å². The number of nitrogens with zero attached hydrogens (tertiary/aromatic N) is 3. The quantitative estimate of drug-likeness (QED) is 0.886. The van der Waals surface area contributed by atoms with Crippen molar-refractivity contribution in [2.75, 3.05) is 16.8 Å². The van der Waals surface area contributed by atoms with Gasteiger partial charge in [0.1, 0.15) is 5.82 Å². The molecule has 0 saturated heterocycles. The van der Waals surface area contributed by atoms with Gasteiger partial charge in [-0.2, -0.15) is 4.98 Å². The summed E-state index contributed by atoms with van der Waals surface area (Å²) in [5.74, 6) is 0.772. The zero-order valence-electron chi connectivity index (χ0n) is 11.9. The SMILES string of the molecule is CC1(C)CN(c2ccnc(NC(=O)O)n2)c2ccccc21. The van der Waals surface area contributed by atoms with Crippen LogP contribution < -0.4 is 10.2 Å². The zero-order chi connectivity index (χ0) is 15.0. The lowest BCUT2D eigenvalue weighted by atomic mass is 9.87. The Morgan fingerprint density at radius 1 is 1.33 bits per heavy atom. The number of fused-ring (bicyclic) bond motifs is 1. The van der Waals surface area contributed by atoms with Crippen LogP contribution in [0, 0.1) is 0 Å². The van der Waals surface area contributed by atoms with E-state index < -0.39 is 6.09 Å². The normalized spacial score (nSPS) is 15.6. The summed E-state index contributed by atoms with van der Waals surface area (Å²) < 4.78 is 0. The molecule has 0 aliphatic carbocycles. The van der Waals surface area contributed by atoms with Crippen molar-refractivity contribution in [3.63, 3.8) is 0 Å². The summed E-state index contributed by atoms with van der Waals surface area (Å²) in [6.07, 6.45) is 0.385. The molecule has 0 unspecified atom stereocenters. The third kappa shape index (κ3) is 2.40. The Kier molecular flexibility index (Phi) is 3.01. The fourth-order valence-corrected chi connectivity index (χ4v) is 2.71. The molecule has 0 bridgehead atoms. The van der Waals surface area contributed by atoms with Crippen LogP contribution in [0.1, 0.15) is 19.4 Å². The number of carboxylic acid groups (broad SMARTS) is 1. The van der Waals surface area contributed by atoms with Crippen molar-refractivity contribution in [3.05, 3.63) is 42.1 Å². The lowest BCUT2D eigenvalue weighted by molar-refractivity contribution is 0.209. The molecule has 3 rings (SSSR count). The molecule has 21 heavy (non-hydrogen) atoms. The summed E-state index contributed by atoms with van der Waals surface area (Å²) in [5, 5.41) is 10.9. The van der Waals surface area contributed by atoms with Gasteiger partial charge in [0, 0.05) is 23.8 Å². The maximum atomic E-state index is 10.7. The standard InChI is InChI=1S/C15H16N4O2/c1-15(2)9-19(11-6-4-3-5-10(11)15)12-7-8-16-13(17-12)18-14(20)21/h3-8H,9H2,1-2H3,(H,20,21)(H,16,17,18). The first-order valence-corrected chi connectivity index (χ1v) is 6.67. The number of rotatable bonds is 2. The van der Waals surface area contributed by atoms with E-state index in [1.54, 1.807) is 12.3 Å². The minimum atomic E-state index is -1.17. The second-order valence-corrected chi connectivity index (χ2v) is 5.66. The number of carbonyl (C=O) groups is 1. The first-order valence-electron chi connectivity index (χ1n) is 6.67. The average molecular weight is 284 g/mol. The fraction of sp³-hybridized carbons (Fsp3) is 0.267. The molecule has 1 amide bonds. The number of hydrogen-bond acceptors (Lipinski definition) is 4. The minimum absolute atomic E-state index is 0.0158. The Morgan fingerprint density at radius 2 is 2.10 bits per heavy atom. The summed E-state index contributed by atoms with van der Waals surface area (Å²) in [5.41, 5.74) is 2.38. The van der Waals surface area contributed by atoms with Crippen LogP contribution >= 0.6 is 0 Å². The molecular weight excluding hydrogens is 268 g/mol. The van der Waals surface area contributed by atoms with Crippen LogP contribution in [0.25, 0.3) is 0 Å². The Hall–Kier alpha value is -2.63. The van der Waals surface area contributed by atoms with E-state index in [1.165, 1.54) is 5.56 Å². The number of hydrogen-bond donors (Lipinski definition) is 2. The average Bonchev–Trinajstić information content (AvgIpc) is 2.71. The molecule has 1 aromatic carbocycles. The van der Waals surface area contributed by atoms with E-state index in [4.69, 9.17) is 5.11 Å². The molecule has 0 fully saturated rings. The van der Waals surface area contributed by atoms with Gasteiger partial charge in [0.2, 0.25) is 5.95 Å². The molecule has 0 saturated carbocycles. The molecule has 108 valence electrons. The largest absolute Gasteiger partial charge is 0.465 e. The highest BCUT2D eigenvalue weighted by Gasteiger charge is 2.35. The van der Waals surface area contributed by atoms with Gasteiger partial charge in [-0.15, -0.1) is 0 Å². The van der Waals surface area contributed by atoms with Gasteiger partial charge >= 0.3 is 6.09 Å². The molecule has 2 N–H and O–H groups in total. The van der Waals surface area contributed by atoms with E-state index in [2.05, 4.69) is 46.2 Å². The summed E-state index contributed by atoms with van der Waals surface area (Å²) in [6.45, 7) is 5.16. The Labute approximate surface area is 122 Å². The zero-order valence-corrected chi connectivity index (χ0v) is 11.9. The molecule has 0 atom stereocenters. The van der Waals surface area contributed by atoms with Crippen molar-refractivity contribution in [1.82, 2.24) is 9.97 Å². The lowest BCUT2D eigenvalue weighted by Crippen LogP contribution is -2.25. The smallest absolute Gasteiger partial charge is 0.411 e. The predicted molar refractivity (Wildman–Crippen MR) is 80.2 cm³/mol. The van der Waals surface area contributed by atoms with Gasteiger partial charge in [-0.1, -0.05) is 32.0 Å². The maximum absolute atomic E-state index is 10.7. The van der Waals surface area contributed by atoms with Gasteiger partial charge in [-0.3, -0.25) is 5.32 Å². The second kappa shape index (κ2) is 4.73. The van der Waals surface area contributed by atoms with Gasteiger partial charge in [0.05, 0.1) is 0 Å². The van der Waals surface area contributed by atoms with E-state index in [0.717, 1.165) is 12.2 Å². The van der Waals surface area contributed by atoms with Crippen LogP contribution in [-0.2, 0) is 5.41 Å². The fourth-order valence-electron chi connectivity index (χ4n) is 2.71. The maximum Gasteiger partial charge on any atom is 0.411 e. The van der Waals surface area contributed by atoms with Gasteiger partial charge in [-0.05, 0) is 17.7 Å². The van der Waals surface area contributed by atoms with Gasteiger partial charge < -0.3 is 10.0 Å². The molecule has 6 heteroatoms. The van der Waals surface area contributed by atoms with Gasteiger partial charge in [-0.25, -0.2) is 9.78 Å². The molecule has 2 heterocycles. The van der Waals surface area contributed by atoms with Crippen LogP contribution in [-0.4, -0.2) is 27.7 Å². The number of anilines is 3. The second-order valence-electron chi connectivity index (χ2n) is 5.66. The first-order chi connectivity index (χ1) is 9.97. The summed E-state index contributed by atoms with van der Waals surface area (Å²) in [4.78, 5) is 21.0. The highest BCUT2D eigenvalue weighted by atomic mass is 16.4. The van der Waals surface area contributed by atoms with E-state index in [-0.39, 0.29) is 11.4 Å². The van der Waals surface area contributed by atoms with E-state index in [1.807, 2.05) is 12.1 Å². The molecule has 6 nitrogen and oxygen atoms in total. The van der Waals surface area contributed by atoms with Crippen LogP contribution in [0.2, 0.25) is 0 Å². The van der Waals surface area contributed by atoms with Crippen molar-refractivity contribution in [2.24, 2.45) is 0 Å². The Balaban J connectivity index is 2.01. The van der Waals surface area contributed by atoms with Gasteiger partial charge in [0.25, 0.3) is 0 Å². The van der Waals surface area contributed by atoms with E-state index in [9.17, 15) is 4.79 Å². The summed E-state index contributed by atoms with van der Waals surface area (Å²) >= 11 is 0. The number of benzene rings is 1. The number of para-hydroxylation sites is 1. The van der Waals surface area contributed by atoms with Crippen molar-refractivity contribution in [1.29, 1.82) is 0 Å². The lowest BCUT2D eigenvalue weighted by Gasteiger charge is -2.21. The van der Waals surface area contributed by atoms with Crippen molar-refractivity contribution in [2.45, 2.75) is 19.3 Å². The van der Waals surface area contributed by atoms with Crippen LogP contribution in [0.3, 0.4) is 0 Å². The Morgan fingerprint density at radius 3 is 2.86 bits per heavy atom. The molecule has 0 radical (unpaired) electrons. The first kappa shape index (κ1) is 13.4. The van der Waals surface area contributed by atoms with Crippen molar-refractivity contribution < 1.29 is 9.90 Å². The van der Waals surface area contributed by atoms with Crippen LogP contribution in [0.5, 0.6) is 0 Å². The summed E-state index contributed by atoms with van der Waals surface area (Å²) in [7, 11) is 0. The highest BCUT2D eigenvalue weighted by Crippen LogP contribution is 2.43. The molecule has 1 aromatic heterocycles. The monoisotopic (exact) mass is 284 g/mol. The van der Waals surface area contributed by atoms with Crippen molar-refractivity contribution >= 4 is 23.5 Å².